The summed E-state index contributed by atoms with van der Waals surface area (Å²) in [6.45, 7) is 14.5. The van der Waals surface area contributed by atoms with Crippen LogP contribution in [-0.4, -0.2) is 9.97 Å². The van der Waals surface area contributed by atoms with Gasteiger partial charge in [0.25, 0.3) is 0 Å². The number of pyridine rings is 2. The van der Waals surface area contributed by atoms with Crippen LogP contribution >= 0.6 is 0 Å². The maximum absolute atomic E-state index is 9.60. The van der Waals surface area contributed by atoms with Gasteiger partial charge in [0.05, 0.1) is 53.3 Å². The molecule has 0 bridgehead atoms. The van der Waals surface area contributed by atoms with E-state index in [0.29, 0.717) is 11.3 Å². The maximum atomic E-state index is 9.60. The second-order valence-electron chi connectivity index (χ2n) is 14.3. The van der Waals surface area contributed by atoms with Gasteiger partial charge < -0.3 is 9.80 Å². The standard InChI is InChI=1S/C46H34N6/c1-29-23-41(51(35-7-5-21-49-27-35)34-15-11-32(48-4)12-16-34)39-25-40-43-31(19-20-46(40,2)3)24-42(38-18-17-37(29)44(39)45(38)43)52(36-8-6-22-50-28-36)33-13-9-30(26-47)10-14-33/h5-18,21-25,27-28H,19-20H2,1-3H3. The van der Waals surface area contributed by atoms with Crippen molar-refractivity contribution in [3.8, 4) is 6.07 Å². The lowest BCUT2D eigenvalue weighted by atomic mass is 9.70. The van der Waals surface area contributed by atoms with Gasteiger partial charge >= 0.3 is 0 Å². The number of nitriles is 1. The summed E-state index contributed by atoms with van der Waals surface area (Å²) in [5.41, 5.74) is 11.1. The predicted octanol–water partition coefficient (Wildman–Crippen LogP) is 12.3. The molecule has 0 unspecified atom stereocenters. The third-order valence-corrected chi connectivity index (χ3v) is 10.8. The molecule has 0 N–H and O–H groups in total. The zero-order valence-electron chi connectivity index (χ0n) is 29.2. The van der Waals surface area contributed by atoms with E-state index < -0.39 is 0 Å². The van der Waals surface area contributed by atoms with Gasteiger partial charge in [-0.3, -0.25) is 9.97 Å². The summed E-state index contributed by atoms with van der Waals surface area (Å²) >= 11 is 0. The molecule has 9 rings (SSSR count). The third kappa shape index (κ3) is 4.84. The van der Waals surface area contributed by atoms with Crippen molar-refractivity contribution in [1.29, 1.82) is 5.26 Å². The van der Waals surface area contributed by atoms with E-state index in [1.165, 1.54) is 43.6 Å². The minimum absolute atomic E-state index is 0.0456. The summed E-state index contributed by atoms with van der Waals surface area (Å²) in [7, 11) is 0. The molecule has 0 spiro atoms. The summed E-state index contributed by atoms with van der Waals surface area (Å²) in [6, 6.07) is 37.8. The molecule has 6 heteroatoms. The minimum Gasteiger partial charge on any atom is -0.308 e. The Hall–Kier alpha value is -6.76. The molecule has 0 saturated heterocycles. The van der Waals surface area contributed by atoms with Crippen LogP contribution in [0.25, 0.3) is 37.2 Å². The number of anilines is 6. The fraction of sp³-hybridized carbons (Fsp3) is 0.130. The predicted molar refractivity (Wildman–Crippen MR) is 212 cm³/mol. The van der Waals surface area contributed by atoms with E-state index in [4.69, 9.17) is 6.57 Å². The Balaban J connectivity index is 1.42. The summed E-state index contributed by atoms with van der Waals surface area (Å²) < 4.78 is 0. The lowest BCUT2D eigenvalue weighted by Gasteiger charge is -2.37. The van der Waals surface area contributed by atoms with E-state index in [2.05, 4.69) is 93.9 Å². The van der Waals surface area contributed by atoms with Gasteiger partial charge in [-0.2, -0.15) is 5.26 Å². The highest BCUT2D eigenvalue weighted by Gasteiger charge is 2.33. The number of nitrogens with zero attached hydrogens (tertiary/aromatic N) is 6. The zero-order valence-corrected chi connectivity index (χ0v) is 29.2. The first-order valence-electron chi connectivity index (χ1n) is 17.5. The van der Waals surface area contributed by atoms with Crippen LogP contribution in [0.5, 0.6) is 0 Å². The molecule has 0 radical (unpaired) electrons. The van der Waals surface area contributed by atoms with E-state index in [-0.39, 0.29) is 5.41 Å². The van der Waals surface area contributed by atoms with Crippen LogP contribution in [-0.2, 0) is 11.8 Å². The number of benzene rings is 6. The van der Waals surface area contributed by atoms with Crippen LogP contribution in [0.15, 0.2) is 128 Å². The number of aromatic nitrogens is 2. The van der Waals surface area contributed by atoms with Crippen molar-refractivity contribution in [1.82, 2.24) is 9.97 Å². The van der Waals surface area contributed by atoms with Gasteiger partial charge in [-0.05, 0) is 137 Å². The fourth-order valence-corrected chi connectivity index (χ4v) is 8.19. The van der Waals surface area contributed by atoms with E-state index >= 15 is 0 Å². The molecule has 1 aliphatic rings. The van der Waals surface area contributed by atoms with Crippen molar-refractivity contribution in [2.24, 2.45) is 0 Å². The average molecular weight is 671 g/mol. The minimum atomic E-state index is -0.0456. The Kier molecular flexibility index (Phi) is 7.17. The van der Waals surface area contributed by atoms with Crippen LogP contribution in [0.2, 0.25) is 0 Å². The number of hydrogen-bond acceptors (Lipinski definition) is 5. The second kappa shape index (κ2) is 11.9. The largest absolute Gasteiger partial charge is 0.308 e. The lowest BCUT2D eigenvalue weighted by molar-refractivity contribution is 0.475. The monoisotopic (exact) mass is 670 g/mol. The molecule has 0 atom stereocenters. The Morgan fingerprint density at radius 3 is 1.90 bits per heavy atom. The third-order valence-electron chi connectivity index (χ3n) is 10.8. The van der Waals surface area contributed by atoms with Crippen molar-refractivity contribution in [2.75, 3.05) is 9.80 Å². The van der Waals surface area contributed by atoms with Crippen LogP contribution in [0.4, 0.5) is 39.8 Å². The Labute approximate surface area is 303 Å². The van der Waals surface area contributed by atoms with Gasteiger partial charge in [0.2, 0.25) is 0 Å². The molecule has 0 amide bonds. The van der Waals surface area contributed by atoms with Crippen LogP contribution < -0.4 is 9.80 Å². The van der Waals surface area contributed by atoms with Gasteiger partial charge in [0.15, 0.2) is 5.69 Å². The molecule has 0 fully saturated rings. The first kappa shape index (κ1) is 31.2. The van der Waals surface area contributed by atoms with Crippen LogP contribution in [0.1, 0.15) is 42.5 Å². The molecule has 0 aliphatic heterocycles. The topological polar surface area (TPSA) is 60.4 Å². The van der Waals surface area contributed by atoms with Crippen molar-refractivity contribution in [2.45, 2.75) is 39.0 Å². The van der Waals surface area contributed by atoms with Crippen molar-refractivity contribution < 1.29 is 0 Å². The molecule has 6 nitrogen and oxygen atoms in total. The molecule has 1 aliphatic carbocycles. The fourth-order valence-electron chi connectivity index (χ4n) is 8.19. The van der Waals surface area contributed by atoms with Crippen molar-refractivity contribution in [3.05, 3.63) is 162 Å². The Morgan fingerprint density at radius 1 is 0.692 bits per heavy atom. The summed E-state index contributed by atoms with van der Waals surface area (Å²) in [4.78, 5) is 17.3. The smallest absolute Gasteiger partial charge is 0.187 e. The van der Waals surface area contributed by atoms with Crippen LogP contribution in [0, 0.1) is 24.8 Å². The van der Waals surface area contributed by atoms with E-state index in [1.54, 1.807) is 12.4 Å². The van der Waals surface area contributed by atoms with Crippen molar-refractivity contribution >= 4 is 72.1 Å². The van der Waals surface area contributed by atoms with E-state index in [1.807, 2.05) is 73.1 Å². The molecule has 52 heavy (non-hydrogen) atoms. The Morgan fingerprint density at radius 2 is 1.31 bits per heavy atom. The van der Waals surface area contributed by atoms with E-state index in [9.17, 15) is 5.26 Å². The number of aryl methyl sites for hydroxylation is 2. The van der Waals surface area contributed by atoms with Gasteiger partial charge in [0.1, 0.15) is 0 Å². The number of hydrogen-bond donors (Lipinski definition) is 0. The second-order valence-corrected chi connectivity index (χ2v) is 14.3. The van der Waals surface area contributed by atoms with E-state index in [0.717, 1.165) is 52.4 Å². The molecule has 0 saturated carbocycles. The van der Waals surface area contributed by atoms with Crippen molar-refractivity contribution in [3.63, 3.8) is 0 Å². The number of rotatable bonds is 6. The first-order valence-corrected chi connectivity index (χ1v) is 17.5. The van der Waals surface area contributed by atoms with Gasteiger partial charge in [0, 0.05) is 39.9 Å². The molecule has 2 heterocycles. The highest BCUT2D eigenvalue weighted by atomic mass is 15.2. The molecule has 248 valence electrons. The molecule has 6 aromatic carbocycles. The summed E-state index contributed by atoms with van der Waals surface area (Å²) in [5, 5.41) is 17.0. The highest BCUT2D eigenvalue weighted by molar-refractivity contribution is 6.30. The average Bonchev–Trinajstić information content (AvgIpc) is 3.18. The zero-order chi connectivity index (χ0) is 35.6. The molecular weight excluding hydrogens is 637 g/mol. The first-order chi connectivity index (χ1) is 25.4. The summed E-state index contributed by atoms with van der Waals surface area (Å²) in [6.07, 6.45) is 9.41. The quantitative estimate of drug-likeness (QED) is 0.130. The van der Waals surface area contributed by atoms with Gasteiger partial charge in [-0.25, -0.2) is 4.85 Å². The summed E-state index contributed by atoms with van der Waals surface area (Å²) in [5.74, 6) is 0. The Bertz CT molecular complexity index is 2720. The van der Waals surface area contributed by atoms with Gasteiger partial charge in [-0.15, -0.1) is 0 Å². The molecule has 8 aromatic rings. The normalized spacial score (nSPS) is 13.2. The lowest BCUT2D eigenvalue weighted by Crippen LogP contribution is -2.24. The highest BCUT2D eigenvalue weighted by Crippen LogP contribution is 2.53. The molecule has 2 aromatic heterocycles. The SMILES string of the molecule is [C-]#[N+]c1ccc(N(c2cccnc2)c2cc(C)c3ccc4c(N(c5ccc(C#N)cc5)c5cccnc5)cc5c6c(cc2c3c46)C(C)(C)CC5)cc1. The van der Waals surface area contributed by atoms with Gasteiger partial charge in [-0.1, -0.05) is 38.1 Å². The maximum Gasteiger partial charge on any atom is 0.187 e. The van der Waals surface area contributed by atoms with Crippen LogP contribution in [0.3, 0.4) is 0 Å². The molecular formula is C46H34N6.